The summed E-state index contributed by atoms with van der Waals surface area (Å²) < 4.78 is 13.2. The Morgan fingerprint density at radius 2 is 1.58 bits per heavy atom. The minimum absolute atomic E-state index is 0.220. The number of aromatic nitrogens is 3. The minimum Gasteiger partial charge on any atom is -0.367 e. The third kappa shape index (κ3) is 4.19. The molecule has 0 spiro atoms. The van der Waals surface area contributed by atoms with Crippen molar-refractivity contribution < 1.29 is 4.39 Å². The molecule has 5 nitrogen and oxygen atoms in total. The van der Waals surface area contributed by atoms with E-state index in [1.165, 1.54) is 28.8 Å². The zero-order valence-electron chi connectivity index (χ0n) is 17.5. The molecule has 3 heterocycles. The molecule has 0 aliphatic carbocycles. The van der Waals surface area contributed by atoms with Crippen molar-refractivity contribution in [3.63, 3.8) is 0 Å². The molecular formula is C25H24FN5. The van der Waals surface area contributed by atoms with Gasteiger partial charge < -0.3 is 9.80 Å². The highest BCUT2D eigenvalue weighted by molar-refractivity contribution is 5.92. The number of pyridine rings is 1. The van der Waals surface area contributed by atoms with Crippen molar-refractivity contribution in [2.75, 3.05) is 36.0 Å². The molecule has 0 N–H and O–H groups in total. The first kappa shape index (κ1) is 19.4. The molecule has 4 aromatic rings. The third-order valence-corrected chi connectivity index (χ3v) is 5.78. The Balaban J connectivity index is 1.29. The van der Waals surface area contributed by atoms with E-state index in [0.717, 1.165) is 48.9 Å². The van der Waals surface area contributed by atoms with E-state index in [0.29, 0.717) is 6.42 Å². The number of piperazine rings is 1. The fourth-order valence-corrected chi connectivity index (χ4v) is 4.11. The molecule has 1 aliphatic heterocycles. The van der Waals surface area contributed by atoms with Gasteiger partial charge in [0.1, 0.15) is 5.82 Å². The maximum atomic E-state index is 13.2. The monoisotopic (exact) mass is 413 g/mol. The lowest BCUT2D eigenvalue weighted by Gasteiger charge is -2.36. The van der Waals surface area contributed by atoms with E-state index in [-0.39, 0.29) is 5.82 Å². The van der Waals surface area contributed by atoms with E-state index in [4.69, 9.17) is 4.98 Å². The van der Waals surface area contributed by atoms with Crippen LogP contribution in [0.5, 0.6) is 0 Å². The van der Waals surface area contributed by atoms with Crippen LogP contribution in [0.4, 0.5) is 16.0 Å². The summed E-state index contributed by atoms with van der Waals surface area (Å²) in [6.45, 7) is 5.61. The Kier molecular flexibility index (Phi) is 5.20. The van der Waals surface area contributed by atoms with Crippen LogP contribution in [-0.2, 0) is 6.42 Å². The Labute approximate surface area is 181 Å². The lowest BCUT2D eigenvalue weighted by molar-refractivity contribution is 0.627. The van der Waals surface area contributed by atoms with Crippen LogP contribution in [0.3, 0.4) is 0 Å². The lowest BCUT2D eigenvalue weighted by atomic mass is 10.1. The predicted molar refractivity (Wildman–Crippen MR) is 122 cm³/mol. The molecule has 2 aromatic carbocycles. The van der Waals surface area contributed by atoms with Crippen molar-refractivity contribution in [2.45, 2.75) is 13.3 Å². The van der Waals surface area contributed by atoms with Crippen LogP contribution in [-0.4, -0.2) is 41.1 Å². The number of nitrogens with zero attached hydrogens (tertiary/aromatic N) is 5. The highest BCUT2D eigenvalue weighted by Gasteiger charge is 2.21. The van der Waals surface area contributed by atoms with Gasteiger partial charge in [-0.25, -0.2) is 14.4 Å². The summed E-state index contributed by atoms with van der Waals surface area (Å²) in [5.41, 5.74) is 5.47. The number of hydrogen-bond acceptors (Lipinski definition) is 5. The molecule has 0 amide bonds. The van der Waals surface area contributed by atoms with Crippen LogP contribution in [0.2, 0.25) is 0 Å². The van der Waals surface area contributed by atoms with Crippen molar-refractivity contribution >= 4 is 22.5 Å². The summed E-state index contributed by atoms with van der Waals surface area (Å²) in [6.07, 6.45) is 4.37. The topological polar surface area (TPSA) is 45.2 Å². The molecule has 6 heteroatoms. The maximum Gasteiger partial charge on any atom is 0.225 e. The summed E-state index contributed by atoms with van der Waals surface area (Å²) in [6, 6.07) is 17.1. The Hall–Kier alpha value is -3.54. The van der Waals surface area contributed by atoms with Crippen molar-refractivity contribution in [3.05, 3.63) is 89.6 Å². The summed E-state index contributed by atoms with van der Waals surface area (Å²) >= 11 is 0. The summed E-state index contributed by atoms with van der Waals surface area (Å²) in [5, 5.41) is 1.19. The fourth-order valence-electron chi connectivity index (χ4n) is 4.11. The standard InChI is InChI=1S/C25H24FN5/c1-18-2-7-22-23(16-18)27-11-9-24(22)30-12-14-31(15-13-30)25-28-10-8-21(29-25)17-19-3-5-20(26)6-4-19/h2-11,16H,12-15,17H2,1H3. The van der Waals surface area contributed by atoms with Crippen LogP contribution >= 0.6 is 0 Å². The van der Waals surface area contributed by atoms with E-state index in [9.17, 15) is 4.39 Å². The molecule has 0 unspecified atom stereocenters. The average molecular weight is 414 g/mol. The molecule has 31 heavy (non-hydrogen) atoms. The zero-order chi connectivity index (χ0) is 21.2. The second-order valence-electron chi connectivity index (χ2n) is 7.98. The number of rotatable bonds is 4. The van der Waals surface area contributed by atoms with Gasteiger partial charge in [-0.1, -0.05) is 24.3 Å². The SMILES string of the molecule is Cc1ccc2c(N3CCN(c4nccc(Cc5ccc(F)cc5)n4)CC3)ccnc2c1. The van der Waals surface area contributed by atoms with Crippen LogP contribution in [0.25, 0.3) is 10.9 Å². The molecule has 5 rings (SSSR count). The highest BCUT2D eigenvalue weighted by atomic mass is 19.1. The molecular weight excluding hydrogens is 389 g/mol. The highest BCUT2D eigenvalue weighted by Crippen LogP contribution is 2.27. The van der Waals surface area contributed by atoms with Gasteiger partial charge in [0.25, 0.3) is 0 Å². The second kappa shape index (κ2) is 8.30. The quantitative estimate of drug-likeness (QED) is 0.497. The number of anilines is 2. The summed E-state index contributed by atoms with van der Waals surface area (Å²) in [5.74, 6) is 0.539. The second-order valence-corrected chi connectivity index (χ2v) is 7.98. The first-order valence-electron chi connectivity index (χ1n) is 10.6. The van der Waals surface area contributed by atoms with Gasteiger partial charge in [-0.15, -0.1) is 0 Å². The molecule has 0 atom stereocenters. The average Bonchev–Trinajstić information content (AvgIpc) is 2.80. The molecule has 156 valence electrons. The van der Waals surface area contributed by atoms with Gasteiger partial charge >= 0.3 is 0 Å². The molecule has 0 bridgehead atoms. The van der Waals surface area contributed by atoms with Crippen LogP contribution in [0, 0.1) is 12.7 Å². The van der Waals surface area contributed by atoms with Crippen LogP contribution in [0.15, 0.2) is 67.0 Å². The van der Waals surface area contributed by atoms with E-state index in [1.807, 2.05) is 18.5 Å². The van der Waals surface area contributed by atoms with E-state index >= 15 is 0 Å². The maximum absolute atomic E-state index is 13.2. The summed E-state index contributed by atoms with van der Waals surface area (Å²) in [4.78, 5) is 18.4. The number of hydrogen-bond donors (Lipinski definition) is 0. The molecule has 1 fully saturated rings. The molecule has 1 aliphatic rings. The third-order valence-electron chi connectivity index (χ3n) is 5.78. The van der Waals surface area contributed by atoms with Gasteiger partial charge in [0.2, 0.25) is 5.95 Å². The first-order chi connectivity index (χ1) is 15.2. The van der Waals surface area contributed by atoms with Gasteiger partial charge in [0.05, 0.1) is 11.2 Å². The van der Waals surface area contributed by atoms with Crippen molar-refractivity contribution in [2.24, 2.45) is 0 Å². The minimum atomic E-state index is -0.220. The molecule has 0 radical (unpaired) electrons. The predicted octanol–water partition coefficient (Wildman–Crippen LogP) is 4.39. The number of fused-ring (bicyclic) bond motifs is 1. The number of halogens is 1. The van der Waals surface area contributed by atoms with Gasteiger partial charge in [0, 0.05) is 56.1 Å². The number of benzene rings is 2. The van der Waals surface area contributed by atoms with Gasteiger partial charge in [-0.2, -0.15) is 0 Å². The van der Waals surface area contributed by atoms with E-state index in [1.54, 1.807) is 12.1 Å². The van der Waals surface area contributed by atoms with Crippen molar-refractivity contribution in [1.29, 1.82) is 0 Å². The summed E-state index contributed by atoms with van der Waals surface area (Å²) in [7, 11) is 0. The van der Waals surface area contributed by atoms with Gasteiger partial charge in [-0.05, 0) is 48.4 Å². The molecule has 1 saturated heterocycles. The smallest absolute Gasteiger partial charge is 0.225 e. The number of aryl methyl sites for hydroxylation is 1. The molecule has 0 saturated carbocycles. The van der Waals surface area contributed by atoms with E-state index < -0.39 is 0 Å². The Bertz CT molecular complexity index is 1200. The lowest BCUT2D eigenvalue weighted by Crippen LogP contribution is -2.47. The molecule has 2 aromatic heterocycles. The van der Waals surface area contributed by atoms with E-state index in [2.05, 4.69) is 51.0 Å². The van der Waals surface area contributed by atoms with Gasteiger partial charge in [0.15, 0.2) is 0 Å². The largest absolute Gasteiger partial charge is 0.367 e. The fraction of sp³-hybridized carbons (Fsp3) is 0.240. The Morgan fingerprint density at radius 3 is 2.39 bits per heavy atom. The zero-order valence-corrected chi connectivity index (χ0v) is 17.5. The van der Waals surface area contributed by atoms with Crippen molar-refractivity contribution in [3.8, 4) is 0 Å². The van der Waals surface area contributed by atoms with Crippen LogP contribution < -0.4 is 9.80 Å². The Morgan fingerprint density at radius 1 is 0.839 bits per heavy atom. The van der Waals surface area contributed by atoms with Crippen molar-refractivity contribution in [1.82, 2.24) is 15.0 Å². The normalized spacial score (nSPS) is 14.3. The first-order valence-corrected chi connectivity index (χ1v) is 10.6. The van der Waals surface area contributed by atoms with Gasteiger partial charge in [-0.3, -0.25) is 4.98 Å². The van der Waals surface area contributed by atoms with Crippen LogP contribution in [0.1, 0.15) is 16.8 Å².